The van der Waals surface area contributed by atoms with Crippen molar-refractivity contribution >= 4 is 31.9 Å². The smallest absolute Gasteiger partial charge is 0.241 e. The Kier molecular flexibility index (Phi) is 4.99. The van der Waals surface area contributed by atoms with Gasteiger partial charge in [0.15, 0.2) is 0 Å². The third-order valence-electron chi connectivity index (χ3n) is 4.60. The molecule has 0 aliphatic heterocycles. The topological polar surface area (TPSA) is 89.3 Å². The first-order valence-corrected chi connectivity index (χ1v) is 10.3. The van der Waals surface area contributed by atoms with Crippen molar-refractivity contribution in [1.29, 1.82) is 0 Å². The van der Waals surface area contributed by atoms with Gasteiger partial charge in [0.1, 0.15) is 5.54 Å². The van der Waals surface area contributed by atoms with E-state index in [1.54, 1.807) is 24.3 Å². The number of carbonyl (C=O) groups is 1. The highest BCUT2D eigenvalue weighted by atomic mass is 79.9. The van der Waals surface area contributed by atoms with Gasteiger partial charge in [-0.2, -0.15) is 4.72 Å². The molecule has 3 N–H and O–H groups in total. The Labute approximate surface area is 155 Å². The third kappa shape index (κ3) is 3.78. The predicted molar refractivity (Wildman–Crippen MR) is 100 cm³/mol. The lowest BCUT2D eigenvalue weighted by atomic mass is 9.99. The Morgan fingerprint density at radius 2 is 1.44 bits per heavy atom. The van der Waals surface area contributed by atoms with E-state index >= 15 is 0 Å². The first kappa shape index (κ1) is 18.1. The number of carbonyl (C=O) groups excluding carboxylic acids is 1. The van der Waals surface area contributed by atoms with Crippen molar-refractivity contribution in [1.82, 2.24) is 4.72 Å². The van der Waals surface area contributed by atoms with Gasteiger partial charge in [-0.25, -0.2) is 8.42 Å². The van der Waals surface area contributed by atoms with Crippen molar-refractivity contribution in [3.05, 3.63) is 53.0 Å². The molecule has 1 fully saturated rings. The van der Waals surface area contributed by atoms with Gasteiger partial charge in [0.25, 0.3) is 0 Å². The van der Waals surface area contributed by atoms with Crippen LogP contribution in [-0.2, 0) is 14.8 Å². The molecule has 0 heterocycles. The molecule has 132 valence electrons. The van der Waals surface area contributed by atoms with Gasteiger partial charge in [0, 0.05) is 4.47 Å². The fraction of sp³-hybridized carbons (Fsp3) is 0.278. The summed E-state index contributed by atoms with van der Waals surface area (Å²) in [6.45, 7) is 0. The molecule has 0 bridgehead atoms. The van der Waals surface area contributed by atoms with Crippen LogP contribution in [0.1, 0.15) is 25.7 Å². The monoisotopic (exact) mass is 422 g/mol. The van der Waals surface area contributed by atoms with E-state index in [-0.39, 0.29) is 4.90 Å². The van der Waals surface area contributed by atoms with Crippen molar-refractivity contribution in [2.24, 2.45) is 5.73 Å². The quantitative estimate of drug-likeness (QED) is 0.774. The zero-order valence-electron chi connectivity index (χ0n) is 13.5. The highest BCUT2D eigenvalue weighted by molar-refractivity contribution is 9.10. The predicted octanol–water partition coefficient (Wildman–Crippen LogP) is 3.19. The summed E-state index contributed by atoms with van der Waals surface area (Å²) < 4.78 is 28.9. The van der Waals surface area contributed by atoms with Gasteiger partial charge in [-0.05, 0) is 48.2 Å². The number of rotatable bonds is 5. The number of amides is 1. The van der Waals surface area contributed by atoms with Crippen LogP contribution in [0.4, 0.5) is 0 Å². The molecule has 5 nitrogen and oxygen atoms in total. The molecule has 25 heavy (non-hydrogen) atoms. The lowest BCUT2D eigenvalue weighted by molar-refractivity contribution is -0.123. The second-order valence-corrected chi connectivity index (χ2v) is 8.89. The number of sulfonamides is 1. The second kappa shape index (κ2) is 6.90. The summed E-state index contributed by atoms with van der Waals surface area (Å²) in [6.07, 6.45) is 2.46. The molecular weight excluding hydrogens is 404 g/mol. The van der Waals surface area contributed by atoms with Gasteiger partial charge in [-0.1, -0.05) is 53.0 Å². The first-order valence-electron chi connectivity index (χ1n) is 8.02. The summed E-state index contributed by atoms with van der Waals surface area (Å²) in [7, 11) is -3.81. The summed E-state index contributed by atoms with van der Waals surface area (Å²) in [4.78, 5) is 11.9. The summed E-state index contributed by atoms with van der Waals surface area (Å²) >= 11 is 3.39. The molecule has 1 saturated carbocycles. The lowest BCUT2D eigenvalue weighted by Crippen LogP contribution is -2.55. The second-order valence-electron chi connectivity index (χ2n) is 6.29. The SMILES string of the molecule is NC(=O)C1(NS(=O)(=O)c2ccc(-c3ccc(Br)cc3)cc2)CCCC1. The average molecular weight is 423 g/mol. The van der Waals surface area contributed by atoms with Crippen molar-refractivity contribution in [2.75, 3.05) is 0 Å². The van der Waals surface area contributed by atoms with Gasteiger partial charge in [0.05, 0.1) is 4.90 Å². The highest BCUT2D eigenvalue weighted by Gasteiger charge is 2.43. The number of nitrogens with two attached hydrogens (primary N) is 1. The van der Waals surface area contributed by atoms with Crippen LogP contribution in [0, 0.1) is 0 Å². The molecule has 1 aliphatic carbocycles. The number of halogens is 1. The van der Waals surface area contributed by atoms with E-state index < -0.39 is 21.5 Å². The Morgan fingerprint density at radius 3 is 1.92 bits per heavy atom. The van der Waals surface area contributed by atoms with E-state index in [1.165, 1.54) is 0 Å². The van der Waals surface area contributed by atoms with Crippen LogP contribution in [0.15, 0.2) is 57.9 Å². The minimum absolute atomic E-state index is 0.126. The molecule has 1 amide bonds. The maximum absolute atomic E-state index is 12.7. The van der Waals surface area contributed by atoms with Crippen molar-refractivity contribution in [3.63, 3.8) is 0 Å². The van der Waals surface area contributed by atoms with E-state index in [0.717, 1.165) is 28.4 Å². The fourth-order valence-electron chi connectivity index (χ4n) is 3.16. The molecule has 0 unspecified atom stereocenters. The first-order chi connectivity index (χ1) is 11.8. The number of hydrogen-bond acceptors (Lipinski definition) is 3. The van der Waals surface area contributed by atoms with Gasteiger partial charge in [0.2, 0.25) is 15.9 Å². The Bertz CT molecular complexity index is 872. The maximum atomic E-state index is 12.7. The molecule has 0 aromatic heterocycles. The molecule has 0 atom stereocenters. The highest BCUT2D eigenvalue weighted by Crippen LogP contribution is 2.31. The minimum Gasteiger partial charge on any atom is -0.368 e. The summed E-state index contributed by atoms with van der Waals surface area (Å²) in [6, 6.07) is 14.4. The summed E-state index contributed by atoms with van der Waals surface area (Å²) in [5.41, 5.74) is 6.20. The van der Waals surface area contributed by atoms with Crippen LogP contribution in [0.3, 0.4) is 0 Å². The zero-order chi connectivity index (χ0) is 18.1. The van der Waals surface area contributed by atoms with E-state index in [2.05, 4.69) is 20.7 Å². The van der Waals surface area contributed by atoms with E-state index in [0.29, 0.717) is 12.8 Å². The molecule has 0 saturated heterocycles. The van der Waals surface area contributed by atoms with Crippen LogP contribution in [0.25, 0.3) is 11.1 Å². The Balaban J connectivity index is 1.85. The number of nitrogens with one attached hydrogen (secondary N) is 1. The Hall–Kier alpha value is -1.70. The molecule has 0 spiro atoms. The zero-order valence-corrected chi connectivity index (χ0v) is 15.9. The van der Waals surface area contributed by atoms with Gasteiger partial charge in [-0.15, -0.1) is 0 Å². The average Bonchev–Trinajstić information content (AvgIpc) is 3.05. The lowest BCUT2D eigenvalue weighted by Gasteiger charge is -2.26. The standard InChI is InChI=1S/C18H19BrN2O3S/c19-15-7-3-13(4-8-15)14-5-9-16(10-6-14)25(23,24)21-18(17(20)22)11-1-2-12-18/h3-10,21H,1-2,11-12H2,(H2,20,22). The van der Waals surface area contributed by atoms with Crippen molar-refractivity contribution in [3.8, 4) is 11.1 Å². The molecule has 2 aromatic carbocycles. The summed E-state index contributed by atoms with van der Waals surface area (Å²) in [5, 5.41) is 0. The van der Waals surface area contributed by atoms with Gasteiger partial charge in [-0.3, -0.25) is 4.79 Å². The van der Waals surface area contributed by atoms with E-state index in [9.17, 15) is 13.2 Å². The number of hydrogen-bond donors (Lipinski definition) is 2. The fourth-order valence-corrected chi connectivity index (χ4v) is 4.86. The normalized spacial score (nSPS) is 16.7. The van der Waals surface area contributed by atoms with E-state index in [4.69, 9.17) is 5.73 Å². The van der Waals surface area contributed by atoms with Crippen molar-refractivity contribution < 1.29 is 13.2 Å². The third-order valence-corrected chi connectivity index (χ3v) is 6.68. The Morgan fingerprint density at radius 1 is 0.960 bits per heavy atom. The van der Waals surface area contributed by atoms with Crippen LogP contribution < -0.4 is 10.5 Å². The molecule has 2 aromatic rings. The summed E-state index contributed by atoms with van der Waals surface area (Å²) in [5.74, 6) is -0.611. The van der Waals surface area contributed by atoms with Crippen molar-refractivity contribution in [2.45, 2.75) is 36.1 Å². The largest absolute Gasteiger partial charge is 0.368 e. The van der Waals surface area contributed by atoms with E-state index in [1.807, 2.05) is 24.3 Å². The molecule has 1 aliphatic rings. The molecular formula is C18H19BrN2O3S. The molecule has 0 radical (unpaired) electrons. The van der Waals surface area contributed by atoms with Gasteiger partial charge >= 0.3 is 0 Å². The number of primary amides is 1. The number of benzene rings is 2. The van der Waals surface area contributed by atoms with Crippen LogP contribution >= 0.6 is 15.9 Å². The maximum Gasteiger partial charge on any atom is 0.241 e. The minimum atomic E-state index is -3.81. The van der Waals surface area contributed by atoms with Gasteiger partial charge < -0.3 is 5.73 Å². The molecule has 3 rings (SSSR count). The van der Waals surface area contributed by atoms with Crippen LogP contribution in [0.2, 0.25) is 0 Å². The van der Waals surface area contributed by atoms with Crippen LogP contribution in [0.5, 0.6) is 0 Å². The molecule has 7 heteroatoms. The van der Waals surface area contributed by atoms with Crippen LogP contribution in [-0.4, -0.2) is 19.9 Å².